The predicted octanol–water partition coefficient (Wildman–Crippen LogP) is 3.37. The summed E-state index contributed by atoms with van der Waals surface area (Å²) >= 11 is 0. The summed E-state index contributed by atoms with van der Waals surface area (Å²) in [6.45, 7) is 3.09. The summed E-state index contributed by atoms with van der Waals surface area (Å²) in [5.41, 5.74) is 2.06. The number of alkyl halides is 3. The Morgan fingerprint density at radius 2 is 1.84 bits per heavy atom. The first-order valence-electron chi connectivity index (χ1n) is 10.9. The number of aromatic carboxylic acids is 1. The molecule has 0 fully saturated rings. The van der Waals surface area contributed by atoms with Crippen LogP contribution in [0.15, 0.2) is 52.1 Å². The first kappa shape index (κ1) is 26.7. The number of aryl methyl sites for hydroxylation is 2. The lowest BCUT2D eigenvalue weighted by Gasteiger charge is -2.10. The number of hydrogen-bond donors (Lipinski definition) is 3. The van der Waals surface area contributed by atoms with E-state index in [-0.39, 0.29) is 34.9 Å². The molecule has 3 N–H and O–H groups in total. The van der Waals surface area contributed by atoms with Crippen LogP contribution in [0.2, 0.25) is 0 Å². The first-order chi connectivity index (χ1) is 17.7. The number of fused-ring (bicyclic) bond motifs is 1. The number of carboxylic acid groups (broad SMARTS) is 1. The van der Waals surface area contributed by atoms with Crippen LogP contribution in [0.4, 0.5) is 19.0 Å². The molecule has 0 bridgehead atoms. The molecule has 1 amide bonds. The first-order valence-corrected chi connectivity index (χ1v) is 12.3. The second kappa shape index (κ2) is 9.81. The lowest BCUT2D eigenvalue weighted by atomic mass is 10.1. The summed E-state index contributed by atoms with van der Waals surface area (Å²) in [7, 11) is -4.21. The van der Waals surface area contributed by atoms with Crippen LogP contribution in [0.5, 0.6) is 0 Å². The van der Waals surface area contributed by atoms with Crippen molar-refractivity contribution in [2.24, 2.45) is 0 Å². The number of hydrogen-bond acceptors (Lipinski definition) is 7. The fraction of sp³-hybridized carbons (Fsp3) is 0.217. The van der Waals surface area contributed by atoms with Crippen LogP contribution >= 0.6 is 0 Å². The van der Waals surface area contributed by atoms with Crippen LogP contribution in [0.3, 0.4) is 0 Å². The van der Waals surface area contributed by atoms with Crippen molar-refractivity contribution in [3.8, 4) is 0 Å². The van der Waals surface area contributed by atoms with E-state index in [9.17, 15) is 36.3 Å². The van der Waals surface area contributed by atoms with Gasteiger partial charge in [-0.3, -0.25) is 14.2 Å². The number of benzene rings is 2. The zero-order chi connectivity index (χ0) is 27.8. The average Bonchev–Trinajstić information content (AvgIpc) is 3.43. The molecule has 0 unspecified atom stereocenters. The second-order valence-electron chi connectivity index (χ2n) is 8.43. The molecule has 38 heavy (non-hydrogen) atoms. The number of carboxylic acids is 1. The predicted molar refractivity (Wildman–Crippen MR) is 127 cm³/mol. The highest BCUT2D eigenvalue weighted by atomic mass is 32.2. The van der Waals surface area contributed by atoms with E-state index in [2.05, 4.69) is 15.0 Å². The number of sulfonamides is 1. The minimum absolute atomic E-state index is 0.0778. The molecule has 0 aliphatic heterocycles. The maximum absolute atomic E-state index is 13.0. The molecule has 0 saturated heterocycles. The van der Waals surface area contributed by atoms with E-state index in [1.54, 1.807) is 24.4 Å². The van der Waals surface area contributed by atoms with E-state index in [1.165, 1.54) is 36.1 Å². The highest BCUT2D eigenvalue weighted by Crippen LogP contribution is 2.30. The largest absolute Gasteiger partial charge is 0.478 e. The minimum Gasteiger partial charge on any atom is -0.478 e. The van der Waals surface area contributed by atoms with E-state index >= 15 is 0 Å². The summed E-state index contributed by atoms with van der Waals surface area (Å²) < 4.78 is 72.2. The van der Waals surface area contributed by atoms with Crippen LogP contribution in [0.25, 0.3) is 11.0 Å². The Bertz CT molecular complexity index is 1660. The van der Waals surface area contributed by atoms with Crippen molar-refractivity contribution >= 4 is 38.7 Å². The van der Waals surface area contributed by atoms with Gasteiger partial charge in [-0.1, -0.05) is 17.3 Å². The fourth-order valence-corrected chi connectivity index (χ4v) is 5.04. The van der Waals surface area contributed by atoms with Crippen LogP contribution in [-0.4, -0.2) is 46.5 Å². The molecule has 4 rings (SSSR count). The number of nitrogens with zero attached hydrogens (tertiary/aromatic N) is 3. The van der Waals surface area contributed by atoms with E-state index < -0.39 is 28.1 Å². The van der Waals surface area contributed by atoms with E-state index in [4.69, 9.17) is 4.52 Å². The Morgan fingerprint density at radius 1 is 1.11 bits per heavy atom. The van der Waals surface area contributed by atoms with Crippen molar-refractivity contribution in [2.75, 3.05) is 4.72 Å². The molecule has 0 spiro atoms. The van der Waals surface area contributed by atoms with Crippen molar-refractivity contribution in [1.82, 2.24) is 20.3 Å². The molecule has 4 aromatic rings. The van der Waals surface area contributed by atoms with Crippen LogP contribution in [0, 0.1) is 13.8 Å². The van der Waals surface area contributed by atoms with Gasteiger partial charge < -0.3 is 14.9 Å². The Balaban J connectivity index is 1.54. The fourth-order valence-electron chi connectivity index (χ4n) is 3.76. The van der Waals surface area contributed by atoms with Crippen LogP contribution < -0.4 is 10.0 Å². The molecule has 0 aliphatic rings. The maximum atomic E-state index is 13.0. The third kappa shape index (κ3) is 5.61. The second-order valence-corrected chi connectivity index (χ2v) is 10.1. The summed E-state index contributed by atoms with van der Waals surface area (Å²) in [4.78, 5) is 22.0. The third-order valence-corrected chi connectivity index (χ3v) is 7.01. The quantitative estimate of drug-likeness (QED) is 0.301. The van der Waals surface area contributed by atoms with E-state index in [0.717, 1.165) is 6.07 Å². The van der Waals surface area contributed by atoms with Gasteiger partial charge in [0.25, 0.3) is 10.0 Å². The molecule has 0 radical (unpaired) electrons. The van der Waals surface area contributed by atoms with Gasteiger partial charge in [0.1, 0.15) is 0 Å². The highest BCUT2D eigenvalue weighted by Gasteiger charge is 2.38. The van der Waals surface area contributed by atoms with Crippen molar-refractivity contribution in [3.63, 3.8) is 0 Å². The van der Waals surface area contributed by atoms with E-state index in [0.29, 0.717) is 27.6 Å². The van der Waals surface area contributed by atoms with E-state index in [1.807, 2.05) is 0 Å². The van der Waals surface area contributed by atoms with Gasteiger partial charge in [0.15, 0.2) is 11.4 Å². The Labute approximate surface area is 213 Å². The van der Waals surface area contributed by atoms with Crippen LogP contribution in [-0.2, 0) is 27.9 Å². The Kier molecular flexibility index (Phi) is 6.88. The molecule has 0 atom stereocenters. The minimum atomic E-state index is -4.98. The topological polar surface area (TPSA) is 156 Å². The molecule has 2 heterocycles. The maximum Gasteiger partial charge on any atom is 0.471 e. The molecular weight excluding hydrogens is 531 g/mol. The standard InChI is InChI=1S/C23H20F3N5O6S/c1-12-3-4-16(21(32)33)7-18(12)38(35,36)30-20-19-13(2)5-14(6-17(19)37-29-20)10-31-11-15(9-28-31)8-27-22(34)23(24,25)26/h3-7,9,11H,8,10H2,1-2H3,(H,27,34)(H,29,30)(H,32,33). The zero-order valence-electron chi connectivity index (χ0n) is 19.8. The lowest BCUT2D eigenvalue weighted by Crippen LogP contribution is -2.36. The molecule has 2 aromatic carbocycles. The van der Waals surface area contributed by atoms with Gasteiger partial charge in [0.2, 0.25) is 0 Å². The lowest BCUT2D eigenvalue weighted by molar-refractivity contribution is -0.173. The third-order valence-electron chi connectivity index (χ3n) is 5.53. The molecular formula is C23H20F3N5O6S. The summed E-state index contributed by atoms with van der Waals surface area (Å²) in [5, 5.41) is 19.3. The Morgan fingerprint density at radius 3 is 2.53 bits per heavy atom. The summed E-state index contributed by atoms with van der Waals surface area (Å²) in [6, 6.07) is 7.09. The SMILES string of the molecule is Cc1ccc(C(=O)O)cc1S(=O)(=O)Nc1noc2cc(Cn3cc(CNC(=O)C(F)(F)F)cn3)cc(C)c12. The van der Waals surface area contributed by atoms with Gasteiger partial charge in [-0.25, -0.2) is 13.2 Å². The summed E-state index contributed by atoms with van der Waals surface area (Å²) in [5.74, 6) is -3.40. The number of amides is 1. The van der Waals surface area contributed by atoms with Gasteiger partial charge in [0.05, 0.1) is 28.6 Å². The molecule has 15 heteroatoms. The van der Waals surface area contributed by atoms with Gasteiger partial charge in [0, 0.05) is 18.3 Å². The normalized spacial score (nSPS) is 12.0. The molecule has 200 valence electrons. The van der Waals surface area contributed by atoms with Gasteiger partial charge in [-0.15, -0.1) is 0 Å². The van der Waals surface area contributed by atoms with Crippen molar-refractivity contribution in [2.45, 2.75) is 38.0 Å². The van der Waals surface area contributed by atoms with Crippen LogP contribution in [0.1, 0.15) is 32.6 Å². The van der Waals surface area contributed by atoms with Crippen molar-refractivity contribution in [1.29, 1.82) is 0 Å². The average molecular weight is 552 g/mol. The number of carbonyl (C=O) groups is 2. The molecule has 0 saturated carbocycles. The number of aromatic nitrogens is 3. The number of carbonyl (C=O) groups excluding carboxylic acids is 1. The van der Waals surface area contributed by atoms with Gasteiger partial charge in [-0.05, 0) is 48.7 Å². The summed E-state index contributed by atoms with van der Waals surface area (Å²) in [6.07, 6.45) is -2.18. The number of nitrogens with one attached hydrogen (secondary N) is 2. The monoisotopic (exact) mass is 551 g/mol. The Hall–Kier alpha value is -4.40. The van der Waals surface area contributed by atoms with Gasteiger partial charge in [-0.2, -0.15) is 18.3 Å². The number of halogens is 3. The molecule has 0 aliphatic carbocycles. The number of rotatable bonds is 8. The van der Waals surface area contributed by atoms with Crippen molar-refractivity contribution in [3.05, 3.63) is 70.5 Å². The van der Waals surface area contributed by atoms with Crippen molar-refractivity contribution < 1.29 is 40.8 Å². The highest BCUT2D eigenvalue weighted by molar-refractivity contribution is 7.92. The van der Waals surface area contributed by atoms with Gasteiger partial charge >= 0.3 is 18.1 Å². The molecule has 2 aromatic heterocycles. The zero-order valence-corrected chi connectivity index (χ0v) is 20.6. The smallest absolute Gasteiger partial charge is 0.471 e. The molecule has 11 nitrogen and oxygen atoms in total. The number of anilines is 1.